The standard InChI is InChI=1S/C33H33N5O5/c1-36(32(42)25-8-4-3-5-9-25)26-16-17-28-27(22-26)34-33(38(28)21-7-20-37-19-6-10-29(37)39)35-31(41)24-14-11-23(12-15-24)13-18-30(40)43-2/h3-5,8-9,11-18,22H,6-7,10,19-21H2,1-2H3,(H,34,35,41)/b18-13+. The summed E-state index contributed by atoms with van der Waals surface area (Å²) < 4.78 is 6.55. The number of carbonyl (C=O) groups excluding carboxylic acids is 4. The van der Waals surface area contributed by atoms with Gasteiger partial charge in [-0.25, -0.2) is 9.78 Å². The predicted octanol–water partition coefficient (Wildman–Crippen LogP) is 4.76. The average Bonchev–Trinajstić information content (AvgIpc) is 3.61. The smallest absolute Gasteiger partial charge is 0.330 e. The molecule has 0 aliphatic carbocycles. The molecule has 1 fully saturated rings. The molecule has 0 saturated carbocycles. The number of anilines is 2. The summed E-state index contributed by atoms with van der Waals surface area (Å²) >= 11 is 0. The van der Waals surface area contributed by atoms with Crippen molar-refractivity contribution in [2.24, 2.45) is 0 Å². The molecule has 2 heterocycles. The maximum Gasteiger partial charge on any atom is 0.330 e. The van der Waals surface area contributed by atoms with Crippen LogP contribution in [0, 0.1) is 0 Å². The highest BCUT2D eigenvalue weighted by atomic mass is 16.5. The third-order valence-corrected chi connectivity index (χ3v) is 7.44. The highest BCUT2D eigenvalue weighted by molar-refractivity contribution is 6.07. The van der Waals surface area contributed by atoms with Crippen molar-refractivity contribution >= 4 is 52.4 Å². The van der Waals surface area contributed by atoms with Crippen molar-refractivity contribution in [1.82, 2.24) is 14.5 Å². The van der Waals surface area contributed by atoms with E-state index in [0.29, 0.717) is 54.2 Å². The Bertz CT molecular complexity index is 1680. The van der Waals surface area contributed by atoms with E-state index in [2.05, 4.69) is 10.1 Å². The van der Waals surface area contributed by atoms with Gasteiger partial charge in [0.25, 0.3) is 11.8 Å². The van der Waals surface area contributed by atoms with Crippen molar-refractivity contribution in [3.05, 3.63) is 95.6 Å². The summed E-state index contributed by atoms with van der Waals surface area (Å²) in [6.45, 7) is 1.92. The van der Waals surface area contributed by atoms with E-state index < -0.39 is 5.97 Å². The maximum absolute atomic E-state index is 13.3. The summed E-state index contributed by atoms with van der Waals surface area (Å²) in [5.74, 6) is -0.408. The van der Waals surface area contributed by atoms with Crippen LogP contribution in [0.2, 0.25) is 0 Å². The maximum atomic E-state index is 13.3. The molecule has 0 unspecified atom stereocenters. The molecule has 43 heavy (non-hydrogen) atoms. The largest absolute Gasteiger partial charge is 0.466 e. The first-order valence-electron chi connectivity index (χ1n) is 14.1. The molecule has 1 N–H and O–H groups in total. The van der Waals surface area contributed by atoms with Crippen LogP contribution < -0.4 is 10.2 Å². The SMILES string of the molecule is COC(=O)/C=C/c1ccc(C(=O)Nc2nc3cc(N(C)C(=O)c4ccccc4)ccc3n2CCCN2CCCC2=O)cc1. The van der Waals surface area contributed by atoms with Crippen LogP contribution >= 0.6 is 0 Å². The highest BCUT2D eigenvalue weighted by Gasteiger charge is 2.21. The van der Waals surface area contributed by atoms with E-state index in [-0.39, 0.29) is 17.7 Å². The molecular weight excluding hydrogens is 546 g/mol. The van der Waals surface area contributed by atoms with Gasteiger partial charge in [0, 0.05) is 56.0 Å². The van der Waals surface area contributed by atoms with Crippen molar-refractivity contribution in [1.29, 1.82) is 0 Å². The first-order valence-corrected chi connectivity index (χ1v) is 14.1. The molecule has 1 aliphatic rings. The number of carbonyl (C=O) groups is 4. The number of imidazole rings is 1. The molecular formula is C33H33N5O5. The average molecular weight is 580 g/mol. The van der Waals surface area contributed by atoms with Gasteiger partial charge >= 0.3 is 5.97 Å². The second-order valence-corrected chi connectivity index (χ2v) is 10.3. The van der Waals surface area contributed by atoms with Gasteiger partial charge in [0.2, 0.25) is 11.9 Å². The molecule has 1 aliphatic heterocycles. The minimum Gasteiger partial charge on any atom is -0.466 e. The van der Waals surface area contributed by atoms with Crippen LogP contribution in [-0.4, -0.2) is 65.4 Å². The number of hydrogen-bond donors (Lipinski definition) is 1. The first-order chi connectivity index (χ1) is 20.8. The summed E-state index contributed by atoms with van der Waals surface area (Å²) in [5, 5.41) is 2.94. The lowest BCUT2D eigenvalue weighted by molar-refractivity contribution is -0.134. The van der Waals surface area contributed by atoms with Gasteiger partial charge in [-0.3, -0.25) is 19.7 Å². The van der Waals surface area contributed by atoms with Crippen LogP contribution in [0.15, 0.2) is 78.9 Å². The monoisotopic (exact) mass is 579 g/mol. The Morgan fingerprint density at radius 3 is 2.47 bits per heavy atom. The summed E-state index contributed by atoms with van der Waals surface area (Å²) in [4.78, 5) is 58.0. The van der Waals surface area contributed by atoms with Crippen LogP contribution in [0.25, 0.3) is 17.1 Å². The number of likely N-dealkylation sites (tertiary alicyclic amines) is 1. The Morgan fingerprint density at radius 1 is 1.00 bits per heavy atom. The molecule has 4 aromatic rings. The lowest BCUT2D eigenvalue weighted by Gasteiger charge is -2.18. The zero-order valence-electron chi connectivity index (χ0n) is 24.2. The zero-order chi connectivity index (χ0) is 30.3. The number of amides is 3. The Morgan fingerprint density at radius 2 is 1.77 bits per heavy atom. The number of hydrogen-bond acceptors (Lipinski definition) is 6. The summed E-state index contributed by atoms with van der Waals surface area (Å²) in [6, 6.07) is 21.4. The number of aryl methyl sites for hydroxylation is 1. The first kappa shape index (κ1) is 29.2. The summed E-state index contributed by atoms with van der Waals surface area (Å²) in [6.07, 6.45) is 5.07. The van der Waals surface area contributed by atoms with E-state index in [0.717, 1.165) is 24.0 Å². The Kier molecular flexibility index (Phi) is 8.95. The van der Waals surface area contributed by atoms with Gasteiger partial charge in [0.1, 0.15) is 0 Å². The molecule has 5 rings (SSSR count). The second kappa shape index (κ2) is 13.2. The van der Waals surface area contributed by atoms with Gasteiger partial charge in [-0.2, -0.15) is 0 Å². The lowest BCUT2D eigenvalue weighted by atomic mass is 10.1. The summed E-state index contributed by atoms with van der Waals surface area (Å²) in [7, 11) is 3.02. The van der Waals surface area contributed by atoms with Gasteiger partial charge in [0.05, 0.1) is 18.1 Å². The van der Waals surface area contributed by atoms with Crippen LogP contribution in [0.1, 0.15) is 45.5 Å². The number of benzene rings is 3. The molecule has 3 amide bonds. The van der Waals surface area contributed by atoms with Crippen molar-refractivity contribution in [3.8, 4) is 0 Å². The molecule has 10 heteroatoms. The molecule has 0 radical (unpaired) electrons. The van der Waals surface area contributed by atoms with E-state index in [1.165, 1.54) is 13.2 Å². The third-order valence-electron chi connectivity index (χ3n) is 7.44. The molecule has 10 nitrogen and oxygen atoms in total. The van der Waals surface area contributed by atoms with Crippen LogP contribution in [0.3, 0.4) is 0 Å². The predicted molar refractivity (Wildman–Crippen MR) is 165 cm³/mol. The molecule has 3 aromatic carbocycles. The number of ether oxygens (including phenoxy) is 1. The molecule has 1 saturated heterocycles. The van der Waals surface area contributed by atoms with Crippen LogP contribution in [0.5, 0.6) is 0 Å². The van der Waals surface area contributed by atoms with Crippen molar-refractivity contribution in [3.63, 3.8) is 0 Å². The van der Waals surface area contributed by atoms with Gasteiger partial charge < -0.3 is 19.1 Å². The van der Waals surface area contributed by atoms with Crippen molar-refractivity contribution < 1.29 is 23.9 Å². The fraction of sp³-hybridized carbons (Fsp3) is 0.242. The Hall–Kier alpha value is -5.25. The Labute approximate surface area is 249 Å². The molecule has 0 atom stereocenters. The number of aromatic nitrogens is 2. The highest BCUT2D eigenvalue weighted by Crippen LogP contribution is 2.27. The summed E-state index contributed by atoms with van der Waals surface area (Å²) in [5.41, 5.74) is 3.84. The third kappa shape index (κ3) is 6.81. The minimum absolute atomic E-state index is 0.145. The number of esters is 1. The minimum atomic E-state index is -0.464. The van der Waals surface area contributed by atoms with Crippen molar-refractivity contribution in [2.75, 3.05) is 37.5 Å². The van der Waals surface area contributed by atoms with Crippen LogP contribution in [-0.2, 0) is 20.9 Å². The molecule has 0 bridgehead atoms. The quantitative estimate of drug-likeness (QED) is 0.214. The Balaban J connectivity index is 1.39. The van der Waals surface area contributed by atoms with Gasteiger partial charge in [0.15, 0.2) is 0 Å². The van der Waals surface area contributed by atoms with Gasteiger partial charge in [-0.15, -0.1) is 0 Å². The van der Waals surface area contributed by atoms with Gasteiger partial charge in [-0.05, 0) is 66.9 Å². The number of rotatable bonds is 10. The van der Waals surface area contributed by atoms with E-state index in [9.17, 15) is 19.2 Å². The molecule has 1 aromatic heterocycles. The lowest BCUT2D eigenvalue weighted by Crippen LogP contribution is -2.26. The molecule has 0 spiro atoms. The topological polar surface area (TPSA) is 114 Å². The van der Waals surface area contributed by atoms with Crippen LogP contribution in [0.4, 0.5) is 11.6 Å². The number of nitrogens with zero attached hydrogens (tertiary/aromatic N) is 4. The van der Waals surface area contributed by atoms with Gasteiger partial charge in [-0.1, -0.05) is 30.3 Å². The molecule has 220 valence electrons. The number of methoxy groups -OCH3 is 1. The van der Waals surface area contributed by atoms with Crippen molar-refractivity contribution in [2.45, 2.75) is 25.8 Å². The van der Waals surface area contributed by atoms with E-state index in [4.69, 9.17) is 4.98 Å². The second-order valence-electron chi connectivity index (χ2n) is 10.3. The number of nitrogens with one attached hydrogen (secondary N) is 1. The number of fused-ring (bicyclic) bond motifs is 1. The normalized spacial score (nSPS) is 13.1. The fourth-order valence-electron chi connectivity index (χ4n) is 5.05. The fourth-order valence-corrected chi connectivity index (χ4v) is 5.05. The van der Waals surface area contributed by atoms with E-state index in [1.807, 2.05) is 45.9 Å². The zero-order valence-corrected chi connectivity index (χ0v) is 24.2. The van der Waals surface area contributed by atoms with E-state index >= 15 is 0 Å². The van der Waals surface area contributed by atoms with E-state index in [1.54, 1.807) is 54.4 Å².